The van der Waals surface area contributed by atoms with Crippen molar-refractivity contribution in [2.75, 3.05) is 38.7 Å². The van der Waals surface area contributed by atoms with E-state index in [4.69, 9.17) is 9.47 Å². The molecule has 4 rings (SSSR count). The highest BCUT2D eigenvalue weighted by Gasteiger charge is 2.32. The summed E-state index contributed by atoms with van der Waals surface area (Å²) in [6.45, 7) is 5.79. The normalized spacial score (nSPS) is 21.8. The molecular weight excluding hydrogens is 302 g/mol. The number of aromatic nitrogens is 1. The highest BCUT2D eigenvalue weighted by molar-refractivity contribution is 5.95. The topological polar surface area (TPSA) is 46.6 Å². The van der Waals surface area contributed by atoms with E-state index >= 15 is 0 Å². The lowest BCUT2D eigenvalue weighted by Gasteiger charge is -2.33. The number of hydrogen-bond acceptors (Lipinski definition) is 5. The van der Waals surface area contributed by atoms with Crippen LogP contribution in [-0.4, -0.2) is 55.4 Å². The fraction of sp³-hybridized carbons (Fsp3) is 0.526. The van der Waals surface area contributed by atoms with E-state index in [1.807, 2.05) is 19.1 Å². The highest BCUT2D eigenvalue weighted by Crippen LogP contribution is 2.31. The van der Waals surface area contributed by atoms with Gasteiger partial charge in [-0.1, -0.05) is 12.1 Å². The monoisotopic (exact) mass is 327 g/mol. The molecule has 0 radical (unpaired) electrons. The van der Waals surface area contributed by atoms with Crippen molar-refractivity contribution in [3.05, 3.63) is 30.0 Å². The lowest BCUT2D eigenvalue weighted by atomic mass is 10.1. The van der Waals surface area contributed by atoms with Crippen LogP contribution < -0.4 is 10.1 Å². The molecule has 2 aliphatic rings. The number of fused-ring (bicyclic) bond motifs is 1. The molecule has 1 N–H and O–H groups in total. The van der Waals surface area contributed by atoms with Gasteiger partial charge in [-0.3, -0.25) is 4.90 Å². The van der Waals surface area contributed by atoms with Crippen LogP contribution in [-0.2, 0) is 4.74 Å². The van der Waals surface area contributed by atoms with E-state index in [1.165, 1.54) is 12.8 Å². The van der Waals surface area contributed by atoms with Gasteiger partial charge in [0.25, 0.3) is 0 Å². The third-order valence-corrected chi connectivity index (χ3v) is 4.90. The number of nitrogens with one attached hydrogen (secondary N) is 1. The second-order valence-corrected chi connectivity index (χ2v) is 6.77. The lowest BCUT2D eigenvalue weighted by Crippen LogP contribution is -2.46. The Morgan fingerprint density at radius 1 is 1.38 bits per heavy atom. The highest BCUT2D eigenvalue weighted by atomic mass is 16.5. The fourth-order valence-electron chi connectivity index (χ4n) is 3.52. The molecule has 2 heterocycles. The largest absolute Gasteiger partial charge is 0.494 e. The number of ether oxygens (including phenoxy) is 2. The van der Waals surface area contributed by atoms with Crippen LogP contribution in [0.3, 0.4) is 0 Å². The SMILES string of the molecule is COc1cccc2c(NCC3CN(C4CC4)CCO3)cc(C)nc12. The molecule has 1 aromatic heterocycles. The predicted octanol–water partition coefficient (Wildman–Crippen LogP) is 2.83. The molecule has 1 aliphatic heterocycles. The minimum atomic E-state index is 0.244. The average molecular weight is 327 g/mol. The zero-order valence-corrected chi connectivity index (χ0v) is 14.4. The van der Waals surface area contributed by atoms with Crippen molar-refractivity contribution < 1.29 is 9.47 Å². The molecule has 0 spiro atoms. The van der Waals surface area contributed by atoms with Gasteiger partial charge in [-0.2, -0.15) is 0 Å². The van der Waals surface area contributed by atoms with Gasteiger partial charge in [0.15, 0.2) is 0 Å². The summed E-state index contributed by atoms with van der Waals surface area (Å²) in [5.41, 5.74) is 2.99. The molecule has 1 aliphatic carbocycles. The van der Waals surface area contributed by atoms with Crippen LogP contribution in [0.2, 0.25) is 0 Å². The second kappa shape index (κ2) is 6.57. The smallest absolute Gasteiger partial charge is 0.145 e. The van der Waals surface area contributed by atoms with E-state index in [9.17, 15) is 0 Å². The van der Waals surface area contributed by atoms with Crippen LogP contribution in [0.5, 0.6) is 5.75 Å². The van der Waals surface area contributed by atoms with Gasteiger partial charge in [-0.25, -0.2) is 4.98 Å². The maximum atomic E-state index is 5.95. The lowest BCUT2D eigenvalue weighted by molar-refractivity contribution is -0.0241. The van der Waals surface area contributed by atoms with Gasteiger partial charge in [0.2, 0.25) is 0 Å². The van der Waals surface area contributed by atoms with Gasteiger partial charge in [0.1, 0.15) is 11.3 Å². The summed E-state index contributed by atoms with van der Waals surface area (Å²) in [6.07, 6.45) is 2.95. The summed E-state index contributed by atoms with van der Waals surface area (Å²) in [4.78, 5) is 7.22. The van der Waals surface area contributed by atoms with Crippen LogP contribution in [0, 0.1) is 6.92 Å². The number of anilines is 1. The molecule has 2 fully saturated rings. The van der Waals surface area contributed by atoms with E-state index in [2.05, 4.69) is 27.3 Å². The molecule has 2 aromatic rings. The Bertz CT molecular complexity index is 730. The first-order valence-corrected chi connectivity index (χ1v) is 8.78. The molecule has 0 bridgehead atoms. The molecule has 1 unspecified atom stereocenters. The third-order valence-electron chi connectivity index (χ3n) is 4.90. The van der Waals surface area contributed by atoms with Gasteiger partial charge in [-0.15, -0.1) is 0 Å². The quantitative estimate of drug-likeness (QED) is 0.915. The van der Waals surface area contributed by atoms with E-state index < -0.39 is 0 Å². The first kappa shape index (κ1) is 15.7. The number of morpholine rings is 1. The molecule has 24 heavy (non-hydrogen) atoms. The number of benzene rings is 1. The van der Waals surface area contributed by atoms with E-state index in [0.717, 1.165) is 60.3 Å². The summed E-state index contributed by atoms with van der Waals surface area (Å²) in [7, 11) is 1.69. The maximum absolute atomic E-state index is 5.95. The van der Waals surface area contributed by atoms with Crippen LogP contribution in [0.15, 0.2) is 24.3 Å². The number of methoxy groups -OCH3 is 1. The zero-order chi connectivity index (χ0) is 16.5. The molecule has 1 saturated carbocycles. The summed E-state index contributed by atoms with van der Waals surface area (Å²) in [5, 5.41) is 4.67. The minimum Gasteiger partial charge on any atom is -0.494 e. The van der Waals surface area contributed by atoms with Gasteiger partial charge >= 0.3 is 0 Å². The van der Waals surface area contributed by atoms with Crippen molar-refractivity contribution in [3.8, 4) is 5.75 Å². The Morgan fingerprint density at radius 2 is 2.25 bits per heavy atom. The first-order valence-electron chi connectivity index (χ1n) is 8.78. The van der Waals surface area contributed by atoms with Crippen LogP contribution >= 0.6 is 0 Å². The van der Waals surface area contributed by atoms with Crippen LogP contribution in [0.25, 0.3) is 10.9 Å². The van der Waals surface area contributed by atoms with Crippen molar-refractivity contribution in [1.29, 1.82) is 0 Å². The number of pyridine rings is 1. The van der Waals surface area contributed by atoms with Crippen molar-refractivity contribution >= 4 is 16.6 Å². The van der Waals surface area contributed by atoms with Gasteiger partial charge in [0.05, 0.1) is 19.8 Å². The standard InChI is InChI=1S/C19H25N3O2/c1-13-10-17(16-4-3-5-18(23-2)19(16)21-13)20-11-15-12-22(8-9-24-15)14-6-7-14/h3-5,10,14-15H,6-9,11-12H2,1-2H3,(H,20,21). The Hall–Kier alpha value is -1.85. The van der Waals surface area contributed by atoms with Crippen LogP contribution in [0.4, 0.5) is 5.69 Å². The summed E-state index contributed by atoms with van der Waals surface area (Å²) in [6, 6.07) is 8.96. The summed E-state index contributed by atoms with van der Waals surface area (Å²) in [5.74, 6) is 0.813. The summed E-state index contributed by atoms with van der Waals surface area (Å²) >= 11 is 0. The minimum absolute atomic E-state index is 0.244. The molecular formula is C19H25N3O2. The van der Waals surface area contributed by atoms with E-state index in [0.29, 0.717) is 0 Å². The summed E-state index contributed by atoms with van der Waals surface area (Å²) < 4.78 is 11.4. The van der Waals surface area contributed by atoms with Crippen molar-refractivity contribution in [2.45, 2.75) is 31.9 Å². The van der Waals surface area contributed by atoms with Gasteiger partial charge in [-0.05, 0) is 31.9 Å². The Labute approximate surface area is 143 Å². The van der Waals surface area contributed by atoms with Crippen molar-refractivity contribution in [1.82, 2.24) is 9.88 Å². The molecule has 0 amide bonds. The molecule has 1 saturated heterocycles. The zero-order valence-electron chi connectivity index (χ0n) is 14.4. The fourth-order valence-corrected chi connectivity index (χ4v) is 3.52. The Morgan fingerprint density at radius 3 is 3.04 bits per heavy atom. The Balaban J connectivity index is 1.51. The Kier molecular flexibility index (Phi) is 4.29. The van der Waals surface area contributed by atoms with Crippen LogP contribution in [0.1, 0.15) is 18.5 Å². The predicted molar refractivity (Wildman–Crippen MR) is 95.9 cm³/mol. The molecule has 128 valence electrons. The van der Waals surface area contributed by atoms with Gasteiger partial charge < -0.3 is 14.8 Å². The molecule has 1 aromatic carbocycles. The first-order chi connectivity index (χ1) is 11.7. The van der Waals surface area contributed by atoms with E-state index in [1.54, 1.807) is 7.11 Å². The third kappa shape index (κ3) is 3.19. The number of hydrogen-bond donors (Lipinski definition) is 1. The maximum Gasteiger partial charge on any atom is 0.145 e. The molecule has 1 atom stereocenters. The van der Waals surface area contributed by atoms with Crippen molar-refractivity contribution in [3.63, 3.8) is 0 Å². The number of aryl methyl sites for hydroxylation is 1. The molecule has 5 nitrogen and oxygen atoms in total. The number of para-hydroxylation sites is 1. The molecule has 5 heteroatoms. The van der Waals surface area contributed by atoms with Crippen molar-refractivity contribution in [2.24, 2.45) is 0 Å². The van der Waals surface area contributed by atoms with Gasteiger partial charge in [0, 0.05) is 42.4 Å². The number of nitrogens with zero attached hydrogens (tertiary/aromatic N) is 2. The number of rotatable bonds is 5. The average Bonchev–Trinajstić information content (AvgIpc) is 3.44. The second-order valence-electron chi connectivity index (χ2n) is 6.77. The van der Waals surface area contributed by atoms with E-state index in [-0.39, 0.29) is 6.10 Å².